The quantitative estimate of drug-likeness (QED) is 0.0405. The Labute approximate surface area is 526 Å². The van der Waals surface area contributed by atoms with Crippen LogP contribution in [0.15, 0.2) is 153 Å². The van der Waals surface area contributed by atoms with Crippen LogP contribution >= 0.6 is 36.7 Å². The van der Waals surface area contributed by atoms with Gasteiger partial charge in [0.1, 0.15) is 75.1 Å². The van der Waals surface area contributed by atoms with Crippen LogP contribution in [0.5, 0.6) is 0 Å². The smallest absolute Gasteiger partial charge is 0.334 e. The van der Waals surface area contributed by atoms with E-state index >= 15 is 0 Å². The molecule has 0 saturated carbocycles. The Balaban J connectivity index is 0.000000127. The number of allylic oxidation sites excluding steroid dienone is 3. The van der Waals surface area contributed by atoms with Gasteiger partial charge in [-0.1, -0.05) is 31.4 Å². The average Bonchev–Trinajstić information content (AvgIpc) is 1.96. The second-order valence-corrected chi connectivity index (χ2v) is 25.3. The molecule has 9 aliphatic rings. The number of thiocarbonyl (C=S) groups is 3. The van der Waals surface area contributed by atoms with Gasteiger partial charge in [0.25, 0.3) is 10.3 Å². The molecule has 1 N–H and O–H groups in total. The Morgan fingerprint density at radius 3 is 1.41 bits per heavy atom. The van der Waals surface area contributed by atoms with Crippen molar-refractivity contribution < 1.29 is 57.4 Å². The first-order valence-electron chi connectivity index (χ1n) is 29.9. The van der Waals surface area contributed by atoms with Crippen LogP contribution < -0.4 is 0 Å². The third-order valence-corrected chi connectivity index (χ3v) is 19.4. The van der Waals surface area contributed by atoms with Gasteiger partial charge in [-0.2, -0.15) is 0 Å². The average molecular weight is 1260 g/mol. The van der Waals surface area contributed by atoms with E-state index in [2.05, 4.69) is 77.1 Å². The number of epoxide rings is 3. The van der Waals surface area contributed by atoms with Crippen LogP contribution in [0.1, 0.15) is 97.8 Å². The predicted molar refractivity (Wildman–Crippen MR) is 331 cm³/mol. The van der Waals surface area contributed by atoms with E-state index in [1.165, 1.54) is 11.1 Å². The first-order valence-corrected chi connectivity index (χ1v) is 31.1. The van der Waals surface area contributed by atoms with Gasteiger partial charge in [-0.15, -0.1) is 0 Å². The van der Waals surface area contributed by atoms with Gasteiger partial charge in [-0.25, -0.2) is 34.5 Å². The molecule has 13 atom stereocenters. The number of hydrogen-bond acceptors (Lipinski definition) is 20. The summed E-state index contributed by atoms with van der Waals surface area (Å²) in [6, 6.07) is 0. The van der Waals surface area contributed by atoms with E-state index in [1.807, 2.05) is 10.8 Å². The van der Waals surface area contributed by atoms with Crippen molar-refractivity contribution >= 4 is 70.0 Å². The molecule has 6 saturated heterocycles. The number of aliphatic hydroxyl groups is 1. The van der Waals surface area contributed by atoms with Crippen LogP contribution in [-0.4, -0.2) is 159 Å². The molecule has 0 radical (unpaired) electrons. The maximum absolute atomic E-state index is 12.8. The number of rotatable bonds is 7. The fraction of sp³-hybridized carbons (Fsp3) is 0.508. The summed E-state index contributed by atoms with van der Waals surface area (Å²) in [5.74, 6) is -0.820. The SMILES string of the molecule is C=C1C(=O)O[C@H]2[C@H]1CC/C(CO)=C\CC[C@@]1(C)O[C@@H]21.C=C1C(=O)O[C@H]2[C@H]1CC/C(COC(=S)n1ccnc1)=C\CC[C@@]1(C)O[C@@H]21.C[C@@]12CC/C=C(/COC(=S)n3ccnc3)CC[C@H]3C(Cn4ccnc4)C(=O)O[C@@H]3[C@@H]1O2.S=C(n1ccnc1)n1ccnc1. The summed E-state index contributed by atoms with van der Waals surface area (Å²) in [5, 5.41) is 10.7. The summed E-state index contributed by atoms with van der Waals surface area (Å²) < 4.78 is 55.1. The molecule has 466 valence electrons. The number of aromatic nitrogens is 10. The van der Waals surface area contributed by atoms with Crippen molar-refractivity contribution in [3.63, 3.8) is 0 Å². The predicted octanol–water partition coefficient (Wildman–Crippen LogP) is 8.03. The van der Waals surface area contributed by atoms with Gasteiger partial charge in [0.15, 0.2) is 5.11 Å². The molecule has 3 aliphatic carbocycles. The topological polar surface area (TPSA) is 244 Å². The summed E-state index contributed by atoms with van der Waals surface area (Å²) in [7, 11) is 0. The normalized spacial score (nSPS) is 33.5. The summed E-state index contributed by atoms with van der Waals surface area (Å²) >= 11 is 15.8. The third kappa shape index (κ3) is 14.3. The first-order chi connectivity index (χ1) is 42.4. The van der Waals surface area contributed by atoms with Crippen molar-refractivity contribution in [3.8, 4) is 0 Å². The molecular weight excluding hydrogens is 1180 g/mol. The number of fused-ring (bicyclic) bond motifs is 9. The molecule has 88 heavy (non-hydrogen) atoms. The fourth-order valence-electron chi connectivity index (χ4n) is 12.8. The van der Waals surface area contributed by atoms with Crippen molar-refractivity contribution in [1.82, 2.24) is 47.8 Å². The maximum Gasteiger partial charge on any atom is 0.334 e. The highest BCUT2D eigenvalue weighted by atomic mass is 32.1. The standard InChI is InChI=1S/C22H26N4O4S.C19H22N2O4S.C15H20O4.C7H6N4S/c1-22-6-2-3-15(12-28-21(31)26-10-8-24-14-26)4-5-16-17(11-25-9-7-23-13-25)20(27)29-18(16)19(22)30-22;1-12-14-6-5-13(10-23-18(26)21-9-8-20-11-21)4-3-7-19(2)16(25-19)15(14)24-17(12)22;1-9-11-6-5-10(8-16)4-3-7-15(2)13(19-15)12(11)18-14(9)17;12-7(10-3-1-8-5-10)11-4-2-9-6-11/h3,7-10,13-14,16-19H,2,4-6,11-12H2,1H3;4,8-9,11,14-16H,1,3,5-7,10H2,2H3;4,11-13,16H,1,3,5-8H2,2H3;1-6H/b15-3+;13-4+;10-4+;/t16-,17?,18-,19-,22+;14-,15-,16-,19+;11-,12-,13-,15+;/m000./s1. The molecule has 0 amide bonds. The molecule has 14 rings (SSSR count). The Morgan fingerprint density at radius 1 is 0.568 bits per heavy atom. The van der Waals surface area contributed by atoms with E-state index in [4.69, 9.17) is 74.5 Å². The molecule has 0 aromatic carbocycles. The number of ether oxygens (including phenoxy) is 8. The van der Waals surface area contributed by atoms with Gasteiger partial charge in [-0.3, -0.25) is 23.1 Å². The molecule has 0 bridgehead atoms. The Hall–Kier alpha value is -7.13. The van der Waals surface area contributed by atoms with Gasteiger partial charge in [-0.05, 0) is 151 Å². The zero-order valence-corrected chi connectivity index (χ0v) is 52.0. The zero-order valence-electron chi connectivity index (χ0n) is 49.5. The van der Waals surface area contributed by atoms with Crippen LogP contribution in [0.4, 0.5) is 0 Å². The van der Waals surface area contributed by atoms with Crippen molar-refractivity contribution in [2.45, 2.75) is 158 Å². The molecule has 0 spiro atoms. The number of hydrogen-bond donors (Lipinski definition) is 1. The van der Waals surface area contributed by atoms with Crippen LogP contribution in [0.25, 0.3) is 0 Å². The lowest BCUT2D eigenvalue weighted by molar-refractivity contribution is -0.145. The van der Waals surface area contributed by atoms with E-state index in [9.17, 15) is 19.5 Å². The van der Waals surface area contributed by atoms with Gasteiger partial charge in [0, 0.05) is 97.4 Å². The lowest BCUT2D eigenvalue weighted by Crippen LogP contribution is -2.31. The highest BCUT2D eigenvalue weighted by molar-refractivity contribution is 7.80. The lowest BCUT2D eigenvalue weighted by Gasteiger charge is -2.23. The highest BCUT2D eigenvalue weighted by Crippen LogP contribution is 2.53. The number of nitrogens with zero attached hydrogens (tertiary/aromatic N) is 10. The molecule has 22 nitrogen and oxygen atoms in total. The second kappa shape index (κ2) is 26.9. The van der Waals surface area contributed by atoms with Gasteiger partial charge in [0.05, 0.1) is 35.7 Å². The number of aliphatic hydroxyl groups excluding tert-OH is 1. The van der Waals surface area contributed by atoms with Crippen molar-refractivity contribution in [3.05, 3.63) is 153 Å². The maximum atomic E-state index is 12.8. The monoisotopic (exact) mass is 1260 g/mol. The summed E-state index contributed by atoms with van der Waals surface area (Å²) in [5.41, 5.74) is 3.85. The molecule has 6 aliphatic heterocycles. The zero-order chi connectivity index (χ0) is 61.7. The Morgan fingerprint density at radius 2 is 0.977 bits per heavy atom. The van der Waals surface area contributed by atoms with Gasteiger partial charge < -0.3 is 47.6 Å². The number of carbonyl (C=O) groups excluding carboxylic acids is 3. The van der Waals surface area contributed by atoms with Crippen LogP contribution in [0, 0.1) is 23.7 Å². The largest absolute Gasteiger partial charge is 0.466 e. The van der Waals surface area contributed by atoms with Gasteiger partial charge in [0.2, 0.25) is 0 Å². The minimum Gasteiger partial charge on any atom is -0.466 e. The van der Waals surface area contributed by atoms with Gasteiger partial charge >= 0.3 is 17.9 Å². The van der Waals surface area contributed by atoms with Crippen LogP contribution in [-0.2, 0) is 58.8 Å². The van der Waals surface area contributed by atoms with E-state index in [0.717, 1.165) is 82.6 Å². The molecular formula is C63H74N10O12S3. The van der Waals surface area contributed by atoms with Crippen molar-refractivity contribution in [1.29, 1.82) is 0 Å². The molecule has 25 heteroatoms. The highest BCUT2D eigenvalue weighted by Gasteiger charge is 2.64. The molecule has 5 aromatic heterocycles. The molecule has 1 unspecified atom stereocenters. The number of imidazole rings is 5. The van der Waals surface area contributed by atoms with E-state index < -0.39 is 0 Å². The van der Waals surface area contributed by atoms with E-state index in [-0.39, 0.29) is 102 Å². The summed E-state index contributed by atoms with van der Waals surface area (Å²) in [4.78, 5) is 56.4. The fourth-order valence-corrected chi connectivity index (χ4v) is 13.4. The second-order valence-electron chi connectivity index (χ2n) is 24.2. The summed E-state index contributed by atoms with van der Waals surface area (Å²) in [6.07, 6.45) is 41.8. The first kappa shape index (κ1) is 62.5. The minimum absolute atomic E-state index is 0.00331. The third-order valence-electron chi connectivity index (χ3n) is 18.3. The van der Waals surface area contributed by atoms with E-state index in [0.29, 0.717) is 46.4 Å². The number of esters is 3. The van der Waals surface area contributed by atoms with E-state index in [1.54, 1.807) is 106 Å². The number of carbonyl (C=O) groups is 3. The summed E-state index contributed by atoms with van der Waals surface area (Å²) in [6.45, 7) is 15.6. The van der Waals surface area contributed by atoms with Crippen molar-refractivity contribution in [2.75, 3.05) is 19.8 Å². The van der Waals surface area contributed by atoms with Crippen LogP contribution in [0.2, 0.25) is 0 Å². The Kier molecular flexibility index (Phi) is 19.1. The minimum atomic E-state index is -0.292. The van der Waals surface area contributed by atoms with Crippen molar-refractivity contribution in [2.24, 2.45) is 23.7 Å². The molecule has 6 fully saturated rings. The molecule has 5 aromatic rings. The lowest BCUT2D eigenvalue weighted by atomic mass is 9.80. The molecule has 11 heterocycles. The Bertz CT molecular complexity index is 3410. The van der Waals surface area contributed by atoms with Crippen LogP contribution in [0.3, 0.4) is 0 Å².